The second-order valence-electron chi connectivity index (χ2n) is 6.00. The molecule has 0 saturated heterocycles. The van der Waals surface area contributed by atoms with Crippen LogP contribution in [0.3, 0.4) is 0 Å². The number of aliphatic hydroxyl groups is 1. The fraction of sp³-hybridized carbons (Fsp3) is 0.400. The summed E-state index contributed by atoms with van der Waals surface area (Å²) in [6.45, 7) is 2.59. The third kappa shape index (κ3) is 5.76. The molecule has 2 saturated carbocycles. The van der Waals surface area contributed by atoms with Gasteiger partial charge in [0.15, 0.2) is 0 Å². The summed E-state index contributed by atoms with van der Waals surface area (Å²) in [5.74, 6) is 3.53. The number of nitrogens with zero attached hydrogens (tertiary/aromatic N) is 3. The van der Waals surface area contributed by atoms with Crippen LogP contribution in [0.2, 0.25) is 0 Å². The molecule has 2 aliphatic carbocycles. The van der Waals surface area contributed by atoms with Crippen LogP contribution in [0.15, 0.2) is 0 Å². The highest BCUT2D eigenvalue weighted by Gasteiger charge is 2.34. The van der Waals surface area contributed by atoms with Crippen molar-refractivity contribution in [2.24, 2.45) is 0 Å². The van der Waals surface area contributed by atoms with Gasteiger partial charge < -0.3 is 10.0 Å². The second kappa shape index (κ2) is 10.7. The lowest BCUT2D eigenvalue weighted by atomic mass is 9.94. The van der Waals surface area contributed by atoms with E-state index in [1.54, 1.807) is 0 Å². The third-order valence-corrected chi connectivity index (χ3v) is 4.22. The van der Waals surface area contributed by atoms with E-state index in [4.69, 9.17) is 5.11 Å². The molecule has 0 bridgehead atoms. The highest BCUT2D eigenvalue weighted by Crippen LogP contribution is 2.36. The Balaban J connectivity index is 1.85. The number of hydrogen-bond acceptors (Lipinski definition) is 4. The van der Waals surface area contributed by atoms with Crippen LogP contribution in [0, 0.1) is 84.9 Å². The van der Waals surface area contributed by atoms with Gasteiger partial charge in [-0.3, -0.25) is 0 Å². The smallest absolute Gasteiger partial charge is 0.0880 e. The zero-order chi connectivity index (χ0) is 17.2. The SMILES string of the molecule is N#C[C]1[CH][CH][CH][C]1CN(CCCCCCO)C[C]1[CH][CH][CH][C]1C#N. The van der Waals surface area contributed by atoms with E-state index >= 15 is 0 Å². The van der Waals surface area contributed by atoms with Crippen LogP contribution >= 0.6 is 0 Å². The van der Waals surface area contributed by atoms with Crippen molar-refractivity contribution in [2.75, 3.05) is 26.2 Å². The van der Waals surface area contributed by atoms with Gasteiger partial charge in [0.25, 0.3) is 0 Å². The summed E-state index contributed by atoms with van der Waals surface area (Å²) in [5, 5.41) is 27.3. The summed E-state index contributed by atoms with van der Waals surface area (Å²) < 4.78 is 0. The maximum atomic E-state index is 9.20. The molecule has 124 valence electrons. The van der Waals surface area contributed by atoms with Gasteiger partial charge in [-0.1, -0.05) is 12.8 Å². The molecule has 1 N–H and O–H groups in total. The van der Waals surface area contributed by atoms with E-state index in [9.17, 15) is 10.5 Å². The molecule has 2 aliphatic rings. The minimum atomic E-state index is 0.252. The maximum Gasteiger partial charge on any atom is 0.0880 e. The van der Waals surface area contributed by atoms with Crippen molar-refractivity contribution in [2.45, 2.75) is 25.7 Å². The molecule has 4 heteroatoms. The molecule has 0 atom stereocenters. The van der Waals surface area contributed by atoms with E-state index in [1.807, 2.05) is 38.5 Å². The molecule has 2 fully saturated rings. The van der Waals surface area contributed by atoms with E-state index in [0.717, 1.165) is 55.9 Å². The van der Waals surface area contributed by atoms with Crippen molar-refractivity contribution in [1.29, 1.82) is 10.5 Å². The Hall–Kier alpha value is -1.10. The molecule has 0 spiro atoms. The standard InChI is InChI=1S/C20H23N3O/c21-13-17-7-5-9-19(17)15-23(11-3-1-2-4-12-24)16-20-10-6-8-18(20)14-22/h5-10,24H,1-4,11-12,15-16H2. The van der Waals surface area contributed by atoms with E-state index in [2.05, 4.69) is 17.0 Å². The molecule has 0 unspecified atom stereocenters. The summed E-state index contributed by atoms with van der Waals surface area (Å²) in [4.78, 5) is 2.30. The predicted octanol–water partition coefficient (Wildman–Crippen LogP) is 2.44. The van der Waals surface area contributed by atoms with Crippen molar-refractivity contribution in [1.82, 2.24) is 4.90 Å². The van der Waals surface area contributed by atoms with Crippen LogP contribution in [0.25, 0.3) is 0 Å². The van der Waals surface area contributed by atoms with Crippen LogP contribution < -0.4 is 0 Å². The van der Waals surface area contributed by atoms with E-state index in [1.165, 1.54) is 0 Å². The van der Waals surface area contributed by atoms with Gasteiger partial charge in [-0.2, -0.15) is 10.5 Å². The van der Waals surface area contributed by atoms with Gasteiger partial charge in [-0.15, -0.1) is 0 Å². The summed E-state index contributed by atoms with van der Waals surface area (Å²) in [6.07, 6.45) is 15.5. The lowest BCUT2D eigenvalue weighted by molar-refractivity contribution is 0.272. The number of nitriles is 2. The molecular weight excluding hydrogens is 298 g/mol. The molecular formula is C20H23N3O. The van der Waals surface area contributed by atoms with Crippen molar-refractivity contribution in [3.05, 3.63) is 62.2 Å². The van der Waals surface area contributed by atoms with Gasteiger partial charge in [0.05, 0.1) is 24.0 Å². The van der Waals surface area contributed by atoms with Gasteiger partial charge >= 0.3 is 0 Å². The Morgan fingerprint density at radius 1 is 0.792 bits per heavy atom. The van der Waals surface area contributed by atoms with E-state index in [0.29, 0.717) is 13.1 Å². The fourth-order valence-corrected chi connectivity index (χ4v) is 2.91. The molecule has 2 rings (SSSR count). The normalized spacial score (nSPS) is 20.7. The predicted molar refractivity (Wildman–Crippen MR) is 92.0 cm³/mol. The van der Waals surface area contributed by atoms with Crippen LogP contribution in [0.4, 0.5) is 0 Å². The van der Waals surface area contributed by atoms with Gasteiger partial charge in [-0.25, -0.2) is 0 Å². The number of rotatable bonds is 10. The first kappa shape index (κ1) is 19.2. The largest absolute Gasteiger partial charge is 0.396 e. The van der Waals surface area contributed by atoms with Crippen molar-refractivity contribution < 1.29 is 5.11 Å². The zero-order valence-electron chi connectivity index (χ0n) is 13.9. The highest BCUT2D eigenvalue weighted by molar-refractivity contribution is 5.53. The Kier molecular flexibility index (Phi) is 8.57. The maximum absolute atomic E-state index is 9.20. The first-order chi connectivity index (χ1) is 11.8. The summed E-state index contributed by atoms with van der Waals surface area (Å²) >= 11 is 0. The summed E-state index contributed by atoms with van der Waals surface area (Å²) in [5.41, 5.74) is 0. The van der Waals surface area contributed by atoms with Crippen molar-refractivity contribution in [3.63, 3.8) is 0 Å². The van der Waals surface area contributed by atoms with Gasteiger partial charge in [-0.05, 0) is 57.9 Å². The average molecular weight is 321 g/mol. The van der Waals surface area contributed by atoms with Crippen LogP contribution in [-0.2, 0) is 0 Å². The quantitative estimate of drug-likeness (QED) is 0.627. The Morgan fingerprint density at radius 2 is 1.33 bits per heavy atom. The lowest BCUT2D eigenvalue weighted by Crippen LogP contribution is -2.35. The number of aliphatic hydroxyl groups excluding tert-OH is 1. The fourth-order valence-electron chi connectivity index (χ4n) is 2.91. The van der Waals surface area contributed by atoms with Gasteiger partial charge in [0, 0.05) is 31.5 Å². The average Bonchev–Trinajstić information content (AvgIpc) is 3.23. The van der Waals surface area contributed by atoms with E-state index < -0.39 is 0 Å². The van der Waals surface area contributed by atoms with Crippen LogP contribution in [0.5, 0.6) is 0 Å². The molecule has 0 aromatic carbocycles. The summed E-state index contributed by atoms with van der Waals surface area (Å²) in [7, 11) is 0. The highest BCUT2D eigenvalue weighted by atomic mass is 16.2. The minimum Gasteiger partial charge on any atom is -0.396 e. The monoisotopic (exact) mass is 321 g/mol. The number of unbranched alkanes of at least 4 members (excludes halogenated alkanes) is 3. The second-order valence-corrected chi connectivity index (χ2v) is 6.00. The van der Waals surface area contributed by atoms with E-state index in [-0.39, 0.29) is 6.61 Å². The van der Waals surface area contributed by atoms with Crippen LogP contribution in [0.1, 0.15) is 25.7 Å². The molecule has 4 nitrogen and oxygen atoms in total. The Morgan fingerprint density at radius 3 is 1.83 bits per heavy atom. The Bertz CT molecular complexity index is 405. The number of hydrogen-bond donors (Lipinski definition) is 1. The molecule has 0 amide bonds. The zero-order valence-corrected chi connectivity index (χ0v) is 13.9. The molecule has 0 aliphatic heterocycles. The minimum absolute atomic E-state index is 0.252. The topological polar surface area (TPSA) is 71.1 Å². The first-order valence-electron chi connectivity index (χ1n) is 8.41. The molecule has 24 heavy (non-hydrogen) atoms. The molecule has 10 radical (unpaired) electrons. The molecule has 0 heterocycles. The lowest BCUT2D eigenvalue weighted by Gasteiger charge is -2.29. The summed E-state index contributed by atoms with van der Waals surface area (Å²) in [6, 6.07) is 4.48. The third-order valence-electron chi connectivity index (χ3n) is 4.22. The van der Waals surface area contributed by atoms with Gasteiger partial charge in [0.1, 0.15) is 0 Å². The van der Waals surface area contributed by atoms with Crippen LogP contribution in [-0.4, -0.2) is 36.2 Å². The Labute approximate surface area is 147 Å². The first-order valence-corrected chi connectivity index (χ1v) is 8.41. The molecule has 0 aromatic heterocycles. The molecule has 0 aromatic rings. The van der Waals surface area contributed by atoms with Crippen molar-refractivity contribution in [3.8, 4) is 12.1 Å². The van der Waals surface area contributed by atoms with Crippen molar-refractivity contribution >= 4 is 0 Å². The van der Waals surface area contributed by atoms with Gasteiger partial charge in [0.2, 0.25) is 0 Å².